The Morgan fingerprint density at radius 2 is 2.06 bits per heavy atom. The number of halogens is 3. The minimum absolute atomic E-state index is 0.119. The Bertz CT molecular complexity index is 356. The molecule has 0 aliphatic heterocycles. The molecule has 0 saturated carbocycles. The molecule has 0 aromatic heterocycles. The number of hydrogen-bond donors (Lipinski definition) is 1. The molecule has 1 atom stereocenters. The van der Waals surface area contributed by atoms with Crippen molar-refractivity contribution >= 4 is 17.3 Å². The second-order valence-corrected chi connectivity index (χ2v) is 4.18. The molecule has 0 amide bonds. The van der Waals surface area contributed by atoms with E-state index in [1.54, 1.807) is 25.2 Å². The smallest absolute Gasteiger partial charge is 0.255 e. The lowest BCUT2D eigenvalue weighted by molar-refractivity contribution is 0.156. The van der Waals surface area contributed by atoms with Gasteiger partial charge in [0.05, 0.1) is 17.3 Å². The van der Waals surface area contributed by atoms with Crippen molar-refractivity contribution in [2.24, 2.45) is 5.73 Å². The van der Waals surface area contributed by atoms with Crippen LogP contribution in [0.25, 0.3) is 0 Å². The number of hydrogen-bond acceptors (Lipinski definition) is 2. The monoisotopic (exact) mass is 248 g/mol. The van der Waals surface area contributed by atoms with Crippen molar-refractivity contribution in [2.45, 2.75) is 19.4 Å². The Morgan fingerprint density at radius 1 is 1.44 bits per heavy atom. The predicted octanol–water partition coefficient (Wildman–Crippen LogP) is 3.06. The largest absolute Gasteiger partial charge is 0.368 e. The first-order valence-corrected chi connectivity index (χ1v) is 5.34. The Kier molecular flexibility index (Phi) is 4.50. The van der Waals surface area contributed by atoms with Crippen LogP contribution in [0.5, 0.6) is 0 Å². The van der Waals surface area contributed by atoms with Crippen LogP contribution in [0.1, 0.15) is 18.5 Å². The van der Waals surface area contributed by atoms with Crippen LogP contribution in [0.3, 0.4) is 0 Å². The van der Waals surface area contributed by atoms with E-state index in [1.807, 2.05) is 6.92 Å². The summed E-state index contributed by atoms with van der Waals surface area (Å²) < 4.78 is 24.4. The van der Waals surface area contributed by atoms with E-state index in [2.05, 4.69) is 0 Å². The number of nitrogens with zero attached hydrogens (tertiary/aromatic N) is 1. The molecule has 0 aliphatic carbocycles. The predicted molar refractivity (Wildman–Crippen MR) is 63.3 cm³/mol. The van der Waals surface area contributed by atoms with Crippen LogP contribution < -0.4 is 10.6 Å². The van der Waals surface area contributed by atoms with Gasteiger partial charge in [-0.3, -0.25) is 0 Å². The number of alkyl halides is 2. The number of anilines is 1. The minimum Gasteiger partial charge on any atom is -0.368 e. The van der Waals surface area contributed by atoms with Gasteiger partial charge in [-0.2, -0.15) is 0 Å². The highest BCUT2D eigenvalue weighted by atomic mass is 35.5. The van der Waals surface area contributed by atoms with Gasteiger partial charge in [0, 0.05) is 13.1 Å². The Morgan fingerprint density at radius 3 is 2.50 bits per heavy atom. The van der Waals surface area contributed by atoms with E-state index in [0.717, 1.165) is 5.56 Å². The van der Waals surface area contributed by atoms with Crippen LogP contribution in [-0.2, 0) is 0 Å². The van der Waals surface area contributed by atoms with Crippen LogP contribution in [-0.4, -0.2) is 20.0 Å². The van der Waals surface area contributed by atoms with Gasteiger partial charge in [-0.25, -0.2) is 8.78 Å². The zero-order valence-electron chi connectivity index (χ0n) is 9.25. The first kappa shape index (κ1) is 13.2. The highest BCUT2D eigenvalue weighted by Crippen LogP contribution is 2.28. The van der Waals surface area contributed by atoms with Crippen LogP contribution in [0, 0.1) is 0 Å². The summed E-state index contributed by atoms with van der Waals surface area (Å²) in [6.45, 7) is 1.51. The Balaban J connectivity index is 2.90. The molecule has 5 heteroatoms. The lowest BCUT2D eigenvalue weighted by Gasteiger charge is -2.21. The second kappa shape index (κ2) is 5.46. The highest BCUT2D eigenvalue weighted by Gasteiger charge is 2.12. The fraction of sp³-hybridized carbons (Fsp3) is 0.455. The van der Waals surface area contributed by atoms with Crippen molar-refractivity contribution in [1.82, 2.24) is 0 Å². The molecule has 90 valence electrons. The van der Waals surface area contributed by atoms with E-state index >= 15 is 0 Å². The highest BCUT2D eigenvalue weighted by molar-refractivity contribution is 6.33. The molecule has 0 spiro atoms. The van der Waals surface area contributed by atoms with Gasteiger partial charge in [0.2, 0.25) is 0 Å². The van der Waals surface area contributed by atoms with Gasteiger partial charge in [0.1, 0.15) is 0 Å². The summed E-state index contributed by atoms with van der Waals surface area (Å²) >= 11 is 6.01. The van der Waals surface area contributed by atoms with Crippen molar-refractivity contribution in [3.63, 3.8) is 0 Å². The van der Waals surface area contributed by atoms with Gasteiger partial charge in [-0.05, 0) is 24.6 Å². The fourth-order valence-electron chi connectivity index (χ4n) is 1.42. The zero-order chi connectivity index (χ0) is 12.3. The van der Waals surface area contributed by atoms with Gasteiger partial charge in [0.25, 0.3) is 6.43 Å². The summed E-state index contributed by atoms with van der Waals surface area (Å²) in [5.41, 5.74) is 7.17. The first-order valence-electron chi connectivity index (χ1n) is 4.96. The van der Waals surface area contributed by atoms with Crippen molar-refractivity contribution in [3.05, 3.63) is 28.8 Å². The summed E-state index contributed by atoms with van der Waals surface area (Å²) in [5, 5.41) is 0.443. The maximum Gasteiger partial charge on any atom is 0.255 e. The molecule has 0 fully saturated rings. The molecule has 1 unspecified atom stereocenters. The maximum atomic E-state index is 12.2. The topological polar surface area (TPSA) is 29.3 Å². The Labute approximate surface area is 99.0 Å². The minimum atomic E-state index is -2.38. The number of rotatable bonds is 4. The Hall–Kier alpha value is -0.870. The molecule has 1 aromatic carbocycles. The van der Waals surface area contributed by atoms with E-state index < -0.39 is 6.43 Å². The molecule has 2 nitrogen and oxygen atoms in total. The molecule has 0 saturated heterocycles. The van der Waals surface area contributed by atoms with Gasteiger partial charge >= 0.3 is 0 Å². The quantitative estimate of drug-likeness (QED) is 0.887. The number of benzene rings is 1. The lowest BCUT2D eigenvalue weighted by atomic mass is 10.1. The molecule has 0 heterocycles. The van der Waals surface area contributed by atoms with Gasteiger partial charge in [0.15, 0.2) is 0 Å². The number of nitrogens with two attached hydrogens (primary N) is 1. The van der Waals surface area contributed by atoms with E-state index in [1.165, 1.54) is 4.90 Å². The molecule has 0 radical (unpaired) electrons. The summed E-state index contributed by atoms with van der Waals surface area (Å²) in [6.07, 6.45) is -2.38. The molecular weight excluding hydrogens is 234 g/mol. The lowest BCUT2D eigenvalue weighted by Crippen LogP contribution is -2.24. The molecule has 1 rings (SSSR count). The second-order valence-electron chi connectivity index (χ2n) is 3.77. The molecule has 1 aromatic rings. The third-order valence-electron chi connectivity index (χ3n) is 2.32. The summed E-state index contributed by atoms with van der Waals surface area (Å²) in [6, 6.07) is 5.10. The van der Waals surface area contributed by atoms with Crippen LogP contribution in [0.4, 0.5) is 14.5 Å². The van der Waals surface area contributed by atoms with E-state index in [9.17, 15) is 8.78 Å². The third-order valence-corrected chi connectivity index (χ3v) is 2.62. The normalized spacial score (nSPS) is 12.9. The molecule has 16 heavy (non-hydrogen) atoms. The summed E-state index contributed by atoms with van der Waals surface area (Å²) in [5.74, 6) is 0. The summed E-state index contributed by atoms with van der Waals surface area (Å²) in [7, 11) is 1.58. The van der Waals surface area contributed by atoms with Crippen molar-refractivity contribution < 1.29 is 8.78 Å². The van der Waals surface area contributed by atoms with Crippen LogP contribution in [0.2, 0.25) is 5.02 Å². The molecular formula is C11H15ClF2N2. The van der Waals surface area contributed by atoms with E-state index in [0.29, 0.717) is 10.7 Å². The van der Waals surface area contributed by atoms with E-state index in [-0.39, 0.29) is 12.6 Å². The van der Waals surface area contributed by atoms with Crippen molar-refractivity contribution in [1.29, 1.82) is 0 Å². The zero-order valence-corrected chi connectivity index (χ0v) is 10.0. The van der Waals surface area contributed by atoms with E-state index in [4.69, 9.17) is 17.3 Å². The average molecular weight is 249 g/mol. The summed E-state index contributed by atoms with van der Waals surface area (Å²) in [4.78, 5) is 1.43. The third kappa shape index (κ3) is 3.32. The fourth-order valence-corrected chi connectivity index (χ4v) is 1.75. The molecule has 0 bridgehead atoms. The van der Waals surface area contributed by atoms with Gasteiger partial charge < -0.3 is 10.6 Å². The molecule has 2 N–H and O–H groups in total. The van der Waals surface area contributed by atoms with Crippen LogP contribution >= 0.6 is 11.6 Å². The van der Waals surface area contributed by atoms with Gasteiger partial charge in [-0.15, -0.1) is 0 Å². The van der Waals surface area contributed by atoms with Crippen molar-refractivity contribution in [3.8, 4) is 0 Å². The SMILES string of the molecule is CC(N)c1ccc(N(C)CC(F)F)c(Cl)c1. The van der Waals surface area contributed by atoms with Gasteiger partial charge in [-0.1, -0.05) is 17.7 Å². The first-order chi connectivity index (χ1) is 7.41. The standard InChI is InChI=1S/C11H15ClF2N2/c1-7(15)8-3-4-10(9(12)5-8)16(2)6-11(13)14/h3-5,7,11H,6,15H2,1-2H3. The molecule has 0 aliphatic rings. The van der Waals surface area contributed by atoms with Crippen molar-refractivity contribution in [2.75, 3.05) is 18.5 Å². The average Bonchev–Trinajstić information content (AvgIpc) is 2.15. The van der Waals surface area contributed by atoms with Crippen LogP contribution in [0.15, 0.2) is 18.2 Å². The maximum absolute atomic E-state index is 12.2.